The Morgan fingerprint density at radius 3 is 1.54 bits per heavy atom. The predicted octanol–water partition coefficient (Wildman–Crippen LogP) is 4.73. The van der Waals surface area contributed by atoms with Crippen LogP contribution in [-0.4, -0.2) is 0 Å². The van der Waals surface area contributed by atoms with Crippen molar-refractivity contribution >= 4 is 17.1 Å². The maximum Gasteiger partial charge on any atom is 0.0343 e. The van der Waals surface area contributed by atoms with E-state index in [0.717, 1.165) is 22.6 Å². The van der Waals surface area contributed by atoms with E-state index in [-0.39, 0.29) is 0 Å². The smallest absolute Gasteiger partial charge is 0.0343 e. The third kappa shape index (κ3) is 7.90. The Morgan fingerprint density at radius 1 is 0.542 bits per heavy atom. The van der Waals surface area contributed by atoms with Crippen LogP contribution in [-0.2, 0) is 0 Å². The predicted molar refractivity (Wildman–Crippen MR) is 107 cm³/mol. The van der Waals surface area contributed by atoms with Gasteiger partial charge in [0, 0.05) is 17.1 Å². The van der Waals surface area contributed by atoms with Gasteiger partial charge in [-0.25, -0.2) is 0 Å². The molecular weight excluding hydrogens is 294 g/mol. The lowest BCUT2D eigenvalue weighted by atomic mass is 10.2. The summed E-state index contributed by atoms with van der Waals surface area (Å²) in [4.78, 5) is 0. The number of anilines is 3. The minimum absolute atomic E-state index is 0.829. The van der Waals surface area contributed by atoms with Crippen LogP contribution in [0.2, 0.25) is 0 Å². The van der Waals surface area contributed by atoms with E-state index in [2.05, 4.69) is 0 Å². The lowest BCUT2D eigenvalue weighted by Gasteiger charge is -1.93. The fourth-order valence-electron chi connectivity index (χ4n) is 1.82. The zero-order valence-electron chi connectivity index (χ0n) is 14.7. The Hall–Kier alpha value is -2.94. The summed E-state index contributed by atoms with van der Waals surface area (Å²) < 4.78 is 0. The van der Waals surface area contributed by atoms with Gasteiger partial charge in [-0.3, -0.25) is 0 Å². The summed E-state index contributed by atoms with van der Waals surface area (Å²) in [6.45, 7) is 6.06. The van der Waals surface area contributed by atoms with Gasteiger partial charge in [0.1, 0.15) is 0 Å². The number of nitrogen functional groups attached to an aromatic ring is 3. The van der Waals surface area contributed by atoms with Gasteiger partial charge in [-0.15, -0.1) is 0 Å². The summed E-state index contributed by atoms with van der Waals surface area (Å²) >= 11 is 0. The van der Waals surface area contributed by atoms with E-state index in [1.165, 1.54) is 11.1 Å². The highest BCUT2D eigenvalue weighted by Crippen LogP contribution is 2.06. The van der Waals surface area contributed by atoms with Crippen molar-refractivity contribution in [1.82, 2.24) is 0 Å². The first-order chi connectivity index (χ1) is 11.4. The third-order valence-corrected chi connectivity index (χ3v) is 3.31. The van der Waals surface area contributed by atoms with E-state index < -0.39 is 0 Å². The molecule has 126 valence electrons. The van der Waals surface area contributed by atoms with Gasteiger partial charge in [0.15, 0.2) is 0 Å². The number of para-hydroxylation sites is 1. The van der Waals surface area contributed by atoms with Crippen LogP contribution in [0.3, 0.4) is 0 Å². The van der Waals surface area contributed by atoms with E-state index in [1.807, 2.05) is 93.6 Å². The topological polar surface area (TPSA) is 78.1 Å². The van der Waals surface area contributed by atoms with Crippen LogP contribution in [0.4, 0.5) is 17.1 Å². The average Bonchev–Trinajstić information content (AvgIpc) is 2.54. The molecule has 3 aromatic carbocycles. The van der Waals surface area contributed by atoms with E-state index in [9.17, 15) is 0 Å². The highest BCUT2D eigenvalue weighted by Gasteiger charge is 1.84. The van der Waals surface area contributed by atoms with Crippen molar-refractivity contribution < 1.29 is 0 Å². The van der Waals surface area contributed by atoms with Crippen molar-refractivity contribution in [3.63, 3.8) is 0 Å². The molecule has 0 heterocycles. The molecule has 0 aromatic heterocycles. The molecule has 3 heteroatoms. The molecule has 0 amide bonds. The second kappa shape index (κ2) is 9.95. The van der Waals surface area contributed by atoms with Gasteiger partial charge in [0.25, 0.3) is 0 Å². The summed E-state index contributed by atoms with van der Waals surface area (Å²) in [5.41, 5.74) is 22.5. The van der Waals surface area contributed by atoms with Crippen molar-refractivity contribution in [2.24, 2.45) is 0 Å². The maximum atomic E-state index is 5.52. The summed E-state index contributed by atoms with van der Waals surface area (Å²) in [5, 5.41) is 0. The van der Waals surface area contributed by atoms with Crippen molar-refractivity contribution in [1.29, 1.82) is 0 Å². The molecule has 0 fully saturated rings. The van der Waals surface area contributed by atoms with Crippen LogP contribution in [0.25, 0.3) is 0 Å². The molecule has 0 aliphatic heterocycles. The van der Waals surface area contributed by atoms with Crippen molar-refractivity contribution in [2.75, 3.05) is 17.2 Å². The Bertz CT molecular complexity index is 675. The molecule has 0 atom stereocenters. The van der Waals surface area contributed by atoms with E-state index in [0.29, 0.717) is 0 Å². The summed E-state index contributed by atoms with van der Waals surface area (Å²) in [6.07, 6.45) is 0. The van der Waals surface area contributed by atoms with E-state index in [4.69, 9.17) is 17.2 Å². The minimum Gasteiger partial charge on any atom is -0.399 e. The lowest BCUT2D eigenvalue weighted by molar-refractivity contribution is 1.47. The highest BCUT2D eigenvalue weighted by atomic mass is 14.5. The number of benzene rings is 3. The second-order valence-corrected chi connectivity index (χ2v) is 5.68. The molecule has 24 heavy (non-hydrogen) atoms. The van der Waals surface area contributed by atoms with E-state index >= 15 is 0 Å². The summed E-state index contributed by atoms with van der Waals surface area (Å²) in [6, 6.07) is 23.4. The first kappa shape index (κ1) is 19.1. The SMILES string of the molecule is Cc1ccc(N)cc1.Cc1cccc(N)c1.Cc1ccccc1N. The van der Waals surface area contributed by atoms with Gasteiger partial charge >= 0.3 is 0 Å². The molecule has 6 N–H and O–H groups in total. The molecule has 0 unspecified atom stereocenters. The summed E-state index contributed by atoms with van der Waals surface area (Å²) in [5.74, 6) is 0. The maximum absolute atomic E-state index is 5.52. The van der Waals surface area contributed by atoms with E-state index in [1.54, 1.807) is 0 Å². The van der Waals surface area contributed by atoms with Gasteiger partial charge in [0.2, 0.25) is 0 Å². The van der Waals surface area contributed by atoms with Crippen LogP contribution < -0.4 is 17.2 Å². The average molecular weight is 321 g/mol. The Balaban J connectivity index is 0.000000180. The number of rotatable bonds is 0. The van der Waals surface area contributed by atoms with Gasteiger partial charge in [0.05, 0.1) is 0 Å². The van der Waals surface area contributed by atoms with Crippen LogP contribution in [0, 0.1) is 20.8 Å². The fraction of sp³-hybridized carbons (Fsp3) is 0.143. The van der Waals surface area contributed by atoms with Crippen LogP contribution in [0.5, 0.6) is 0 Å². The van der Waals surface area contributed by atoms with Gasteiger partial charge in [-0.05, 0) is 62.2 Å². The number of aryl methyl sites for hydroxylation is 3. The standard InChI is InChI=1S/3C7H9N/c1-6-2-4-7(8)5-3-6;1-6-3-2-4-7(8)5-6;1-6-4-2-3-5-7(6)8/h3*2-5H,8H2,1H3. The van der Waals surface area contributed by atoms with Gasteiger partial charge in [-0.1, -0.05) is 48.0 Å². The zero-order valence-corrected chi connectivity index (χ0v) is 14.7. The Kier molecular flexibility index (Phi) is 7.92. The number of hydrogen-bond donors (Lipinski definition) is 3. The minimum atomic E-state index is 0.829. The van der Waals surface area contributed by atoms with Crippen molar-refractivity contribution in [3.05, 3.63) is 89.5 Å². The van der Waals surface area contributed by atoms with Gasteiger partial charge in [-0.2, -0.15) is 0 Å². The molecule has 0 aliphatic carbocycles. The molecular formula is C21H27N3. The van der Waals surface area contributed by atoms with Crippen LogP contribution in [0.1, 0.15) is 16.7 Å². The van der Waals surface area contributed by atoms with Crippen molar-refractivity contribution in [2.45, 2.75) is 20.8 Å². The Labute approximate surface area is 145 Å². The molecule has 0 saturated heterocycles. The first-order valence-electron chi connectivity index (χ1n) is 7.84. The summed E-state index contributed by atoms with van der Waals surface area (Å²) in [7, 11) is 0. The normalized spacial score (nSPS) is 9.12. The molecule has 0 radical (unpaired) electrons. The van der Waals surface area contributed by atoms with Crippen LogP contribution in [0.15, 0.2) is 72.8 Å². The monoisotopic (exact) mass is 321 g/mol. The molecule has 3 aromatic rings. The fourth-order valence-corrected chi connectivity index (χ4v) is 1.82. The number of nitrogens with two attached hydrogens (primary N) is 3. The third-order valence-electron chi connectivity index (χ3n) is 3.31. The molecule has 3 nitrogen and oxygen atoms in total. The van der Waals surface area contributed by atoms with Crippen LogP contribution >= 0.6 is 0 Å². The quantitative estimate of drug-likeness (QED) is 0.524. The molecule has 0 aliphatic rings. The second-order valence-electron chi connectivity index (χ2n) is 5.68. The molecule has 0 saturated carbocycles. The molecule has 0 spiro atoms. The molecule has 0 bridgehead atoms. The first-order valence-corrected chi connectivity index (χ1v) is 7.84. The van der Waals surface area contributed by atoms with Crippen molar-refractivity contribution in [3.8, 4) is 0 Å². The van der Waals surface area contributed by atoms with Gasteiger partial charge < -0.3 is 17.2 Å². The zero-order chi connectivity index (χ0) is 17.9. The number of hydrogen-bond acceptors (Lipinski definition) is 3. The lowest BCUT2D eigenvalue weighted by Crippen LogP contribution is -1.85. The largest absolute Gasteiger partial charge is 0.399 e. The Morgan fingerprint density at radius 2 is 1.17 bits per heavy atom. The highest BCUT2D eigenvalue weighted by molar-refractivity contribution is 5.45. The molecule has 3 rings (SSSR count).